The molecule has 0 saturated carbocycles. The SMILES string of the molecule is CCCCc1c(C(=O)O)nnn1Cc1ccccc1. The van der Waals surface area contributed by atoms with Gasteiger partial charge in [-0.1, -0.05) is 48.9 Å². The molecule has 1 heterocycles. The molecule has 0 bridgehead atoms. The van der Waals surface area contributed by atoms with Crippen LogP contribution in [0.3, 0.4) is 0 Å². The molecular formula is C14H17N3O2. The molecule has 5 heteroatoms. The zero-order chi connectivity index (χ0) is 13.7. The van der Waals surface area contributed by atoms with Crippen LogP contribution in [0.15, 0.2) is 30.3 Å². The van der Waals surface area contributed by atoms with Crippen LogP contribution in [0, 0.1) is 0 Å². The average molecular weight is 259 g/mol. The number of unbranched alkanes of at least 4 members (excludes halogenated alkanes) is 1. The second kappa shape index (κ2) is 6.13. The molecule has 1 aromatic heterocycles. The Labute approximate surface area is 111 Å². The summed E-state index contributed by atoms with van der Waals surface area (Å²) in [6.07, 6.45) is 2.63. The summed E-state index contributed by atoms with van der Waals surface area (Å²) < 4.78 is 1.69. The largest absolute Gasteiger partial charge is 0.476 e. The van der Waals surface area contributed by atoms with Crippen LogP contribution < -0.4 is 0 Å². The van der Waals surface area contributed by atoms with Gasteiger partial charge in [-0.3, -0.25) is 0 Å². The number of benzene rings is 1. The van der Waals surface area contributed by atoms with E-state index in [0.717, 1.165) is 18.4 Å². The normalized spacial score (nSPS) is 10.6. The number of nitrogens with zero attached hydrogens (tertiary/aromatic N) is 3. The number of carboxylic acid groups (broad SMARTS) is 1. The van der Waals surface area contributed by atoms with Gasteiger partial charge in [0.1, 0.15) is 0 Å². The van der Waals surface area contributed by atoms with E-state index in [1.807, 2.05) is 30.3 Å². The number of aromatic nitrogens is 3. The lowest BCUT2D eigenvalue weighted by Gasteiger charge is -2.06. The maximum Gasteiger partial charge on any atom is 0.358 e. The third kappa shape index (κ3) is 3.19. The first-order valence-corrected chi connectivity index (χ1v) is 6.42. The molecule has 0 amide bonds. The molecule has 0 spiro atoms. The number of aromatic carboxylic acids is 1. The molecule has 0 aliphatic rings. The fraction of sp³-hybridized carbons (Fsp3) is 0.357. The maximum absolute atomic E-state index is 11.1. The minimum atomic E-state index is -1.01. The van der Waals surface area contributed by atoms with Crippen molar-refractivity contribution in [1.82, 2.24) is 15.0 Å². The molecule has 1 aromatic carbocycles. The third-order valence-electron chi connectivity index (χ3n) is 2.98. The van der Waals surface area contributed by atoms with Gasteiger partial charge >= 0.3 is 5.97 Å². The highest BCUT2D eigenvalue weighted by Gasteiger charge is 2.18. The quantitative estimate of drug-likeness (QED) is 0.864. The van der Waals surface area contributed by atoms with Crippen LogP contribution in [0.25, 0.3) is 0 Å². The molecule has 2 rings (SSSR count). The molecule has 1 N–H and O–H groups in total. The van der Waals surface area contributed by atoms with Crippen molar-refractivity contribution >= 4 is 5.97 Å². The Hall–Kier alpha value is -2.17. The van der Waals surface area contributed by atoms with Gasteiger partial charge in [-0.15, -0.1) is 5.10 Å². The van der Waals surface area contributed by atoms with Gasteiger partial charge in [0.15, 0.2) is 5.69 Å². The van der Waals surface area contributed by atoms with E-state index in [4.69, 9.17) is 5.11 Å². The number of hydrogen-bond donors (Lipinski definition) is 1. The fourth-order valence-corrected chi connectivity index (χ4v) is 1.97. The first-order valence-electron chi connectivity index (χ1n) is 6.42. The van der Waals surface area contributed by atoms with Crippen LogP contribution in [0.1, 0.15) is 41.5 Å². The minimum Gasteiger partial charge on any atom is -0.476 e. The van der Waals surface area contributed by atoms with E-state index in [0.29, 0.717) is 18.7 Å². The standard InChI is InChI=1S/C14H17N3O2/c1-2-3-9-12-13(14(18)19)15-16-17(12)10-11-7-5-4-6-8-11/h4-8H,2-3,9-10H2,1H3,(H,18,19). The molecule has 2 aromatic rings. The Morgan fingerprint density at radius 3 is 2.68 bits per heavy atom. The van der Waals surface area contributed by atoms with Crippen molar-refractivity contribution in [2.75, 3.05) is 0 Å². The van der Waals surface area contributed by atoms with Crippen molar-refractivity contribution in [3.05, 3.63) is 47.3 Å². The van der Waals surface area contributed by atoms with Crippen molar-refractivity contribution < 1.29 is 9.90 Å². The van der Waals surface area contributed by atoms with Crippen molar-refractivity contribution in [2.24, 2.45) is 0 Å². The Bertz CT molecular complexity index is 549. The van der Waals surface area contributed by atoms with Crippen LogP contribution in [-0.4, -0.2) is 26.1 Å². The van der Waals surface area contributed by atoms with Crippen molar-refractivity contribution in [3.8, 4) is 0 Å². The second-order valence-corrected chi connectivity index (χ2v) is 4.44. The lowest BCUT2D eigenvalue weighted by molar-refractivity contribution is 0.0689. The van der Waals surface area contributed by atoms with Crippen LogP contribution >= 0.6 is 0 Å². The molecule has 0 radical (unpaired) electrons. The molecule has 0 atom stereocenters. The van der Waals surface area contributed by atoms with Crippen molar-refractivity contribution in [2.45, 2.75) is 32.7 Å². The Balaban J connectivity index is 2.26. The number of hydrogen-bond acceptors (Lipinski definition) is 3. The fourth-order valence-electron chi connectivity index (χ4n) is 1.97. The summed E-state index contributed by atoms with van der Waals surface area (Å²) in [7, 11) is 0. The third-order valence-corrected chi connectivity index (χ3v) is 2.98. The topological polar surface area (TPSA) is 68.0 Å². The van der Waals surface area contributed by atoms with E-state index < -0.39 is 5.97 Å². The lowest BCUT2D eigenvalue weighted by Crippen LogP contribution is -2.09. The lowest BCUT2D eigenvalue weighted by atomic mass is 10.1. The van der Waals surface area contributed by atoms with Gasteiger partial charge in [-0.2, -0.15) is 0 Å². The Morgan fingerprint density at radius 1 is 1.32 bits per heavy atom. The van der Waals surface area contributed by atoms with E-state index in [9.17, 15) is 4.79 Å². The van der Waals surface area contributed by atoms with E-state index in [1.165, 1.54) is 0 Å². The Morgan fingerprint density at radius 2 is 2.05 bits per heavy atom. The van der Waals surface area contributed by atoms with E-state index in [-0.39, 0.29) is 5.69 Å². The van der Waals surface area contributed by atoms with Crippen LogP contribution in [0.5, 0.6) is 0 Å². The molecule has 0 fully saturated rings. The summed E-state index contributed by atoms with van der Waals surface area (Å²) in [6.45, 7) is 2.63. The summed E-state index contributed by atoms with van der Waals surface area (Å²) in [6, 6.07) is 9.84. The first kappa shape index (κ1) is 13.3. The predicted octanol–water partition coefficient (Wildman–Crippen LogP) is 2.37. The molecular weight excluding hydrogens is 242 g/mol. The van der Waals surface area contributed by atoms with E-state index in [2.05, 4.69) is 17.2 Å². The molecule has 19 heavy (non-hydrogen) atoms. The van der Waals surface area contributed by atoms with Crippen LogP contribution in [0.2, 0.25) is 0 Å². The Kier molecular flexibility index (Phi) is 4.28. The summed E-state index contributed by atoms with van der Waals surface area (Å²) in [5.41, 5.74) is 1.87. The molecule has 100 valence electrons. The van der Waals surface area contributed by atoms with Gasteiger partial charge in [0.2, 0.25) is 0 Å². The molecule has 0 unspecified atom stereocenters. The van der Waals surface area contributed by atoms with Gasteiger partial charge in [-0.05, 0) is 18.4 Å². The van der Waals surface area contributed by atoms with Gasteiger partial charge < -0.3 is 5.11 Å². The first-order chi connectivity index (χ1) is 9.22. The molecule has 0 saturated heterocycles. The maximum atomic E-state index is 11.1. The second-order valence-electron chi connectivity index (χ2n) is 4.44. The van der Waals surface area contributed by atoms with Crippen molar-refractivity contribution in [1.29, 1.82) is 0 Å². The highest BCUT2D eigenvalue weighted by Crippen LogP contribution is 2.12. The van der Waals surface area contributed by atoms with Crippen LogP contribution in [0.4, 0.5) is 0 Å². The number of carbonyl (C=O) groups is 1. The van der Waals surface area contributed by atoms with Gasteiger partial charge in [0.05, 0.1) is 12.2 Å². The predicted molar refractivity (Wildman–Crippen MR) is 71.1 cm³/mol. The number of rotatable bonds is 6. The summed E-state index contributed by atoms with van der Waals surface area (Å²) in [4.78, 5) is 11.1. The summed E-state index contributed by atoms with van der Waals surface area (Å²) >= 11 is 0. The van der Waals surface area contributed by atoms with Gasteiger partial charge in [0, 0.05) is 0 Å². The van der Waals surface area contributed by atoms with Gasteiger partial charge in [-0.25, -0.2) is 9.48 Å². The van der Waals surface area contributed by atoms with Crippen LogP contribution in [-0.2, 0) is 13.0 Å². The zero-order valence-electron chi connectivity index (χ0n) is 10.9. The summed E-state index contributed by atoms with van der Waals surface area (Å²) in [5, 5.41) is 16.9. The van der Waals surface area contributed by atoms with E-state index in [1.54, 1.807) is 4.68 Å². The minimum absolute atomic E-state index is 0.0735. The zero-order valence-corrected chi connectivity index (χ0v) is 10.9. The molecule has 5 nitrogen and oxygen atoms in total. The monoisotopic (exact) mass is 259 g/mol. The van der Waals surface area contributed by atoms with Crippen molar-refractivity contribution in [3.63, 3.8) is 0 Å². The average Bonchev–Trinajstić information content (AvgIpc) is 2.80. The van der Waals surface area contributed by atoms with Gasteiger partial charge in [0.25, 0.3) is 0 Å². The molecule has 0 aliphatic carbocycles. The smallest absolute Gasteiger partial charge is 0.358 e. The highest BCUT2D eigenvalue weighted by molar-refractivity contribution is 5.86. The number of carboxylic acids is 1. The summed E-state index contributed by atoms with van der Waals surface area (Å²) in [5.74, 6) is -1.01. The molecule has 0 aliphatic heterocycles. The highest BCUT2D eigenvalue weighted by atomic mass is 16.4. The van der Waals surface area contributed by atoms with E-state index >= 15 is 0 Å².